The van der Waals surface area contributed by atoms with Crippen LogP contribution in [0.5, 0.6) is 0 Å². The van der Waals surface area contributed by atoms with E-state index in [9.17, 15) is 13.2 Å². The number of carbonyl (C=O) groups is 1. The van der Waals surface area contributed by atoms with Gasteiger partial charge in [-0.05, 0) is 49.3 Å². The van der Waals surface area contributed by atoms with Crippen LogP contribution in [0, 0.1) is 11.8 Å². The maximum absolute atomic E-state index is 12.5. The van der Waals surface area contributed by atoms with Gasteiger partial charge in [0.2, 0.25) is 5.91 Å². The van der Waals surface area contributed by atoms with Crippen LogP contribution in [0.2, 0.25) is 0 Å². The van der Waals surface area contributed by atoms with Crippen molar-refractivity contribution < 1.29 is 13.2 Å². The molecule has 4 nitrogen and oxygen atoms in total. The molecular weight excluding hydrogens is 322 g/mol. The van der Waals surface area contributed by atoms with Crippen LogP contribution >= 0.6 is 0 Å². The van der Waals surface area contributed by atoms with Crippen LogP contribution in [0.25, 0.3) is 0 Å². The predicted octanol–water partition coefficient (Wildman–Crippen LogP) is 4.17. The molecular formula is C19H29NO3S. The number of rotatable bonds is 7. The molecule has 0 aromatic heterocycles. The molecule has 1 saturated carbocycles. The molecule has 0 heterocycles. The number of nitrogens with one attached hydrogen (secondary N) is 1. The molecule has 1 aliphatic rings. The van der Waals surface area contributed by atoms with Crippen molar-refractivity contribution in [3.8, 4) is 0 Å². The van der Waals surface area contributed by atoms with Crippen molar-refractivity contribution in [2.24, 2.45) is 11.8 Å². The van der Waals surface area contributed by atoms with Crippen molar-refractivity contribution >= 4 is 21.4 Å². The lowest BCUT2D eigenvalue weighted by Crippen LogP contribution is -2.27. The van der Waals surface area contributed by atoms with Crippen LogP contribution in [0.3, 0.4) is 0 Å². The zero-order valence-corrected chi connectivity index (χ0v) is 15.6. The van der Waals surface area contributed by atoms with E-state index in [1.807, 2.05) is 6.07 Å². The van der Waals surface area contributed by atoms with Gasteiger partial charge in [0.05, 0.1) is 5.75 Å². The first kappa shape index (κ1) is 19.0. The zero-order valence-electron chi connectivity index (χ0n) is 14.8. The van der Waals surface area contributed by atoms with Gasteiger partial charge in [0.25, 0.3) is 0 Å². The molecule has 2 rings (SSSR count). The van der Waals surface area contributed by atoms with Gasteiger partial charge in [-0.2, -0.15) is 0 Å². The molecule has 1 amide bonds. The Balaban J connectivity index is 1.88. The number of amides is 1. The van der Waals surface area contributed by atoms with E-state index in [1.165, 1.54) is 25.5 Å². The Morgan fingerprint density at radius 1 is 1.21 bits per heavy atom. The summed E-state index contributed by atoms with van der Waals surface area (Å²) in [5, 5.41) is 2.96. The molecule has 5 heteroatoms. The van der Waals surface area contributed by atoms with E-state index < -0.39 is 9.84 Å². The number of benzene rings is 1. The SMILES string of the molecule is CCCCC1CCC(C(=O)Nc2cccc(CS(C)(=O)=O)c2)CC1. The Morgan fingerprint density at radius 3 is 2.54 bits per heavy atom. The second-order valence-corrected chi connectivity index (χ2v) is 9.26. The average molecular weight is 352 g/mol. The highest BCUT2D eigenvalue weighted by Gasteiger charge is 2.26. The molecule has 0 saturated heterocycles. The lowest BCUT2D eigenvalue weighted by molar-refractivity contribution is -0.121. The minimum atomic E-state index is -3.07. The first-order chi connectivity index (χ1) is 11.4. The lowest BCUT2D eigenvalue weighted by atomic mass is 9.79. The van der Waals surface area contributed by atoms with Crippen LogP contribution in [-0.4, -0.2) is 20.6 Å². The standard InChI is InChI=1S/C19H29NO3S/c1-3-4-6-15-9-11-17(12-10-15)19(21)20-18-8-5-7-16(13-18)14-24(2,22)23/h5,7-8,13,15,17H,3-4,6,9-12,14H2,1-2H3,(H,20,21). The Kier molecular flexibility index (Phi) is 6.84. The van der Waals surface area contributed by atoms with E-state index in [2.05, 4.69) is 12.2 Å². The van der Waals surface area contributed by atoms with E-state index >= 15 is 0 Å². The number of sulfone groups is 1. The summed E-state index contributed by atoms with van der Waals surface area (Å²) in [6.45, 7) is 2.22. The summed E-state index contributed by atoms with van der Waals surface area (Å²) in [5.41, 5.74) is 1.40. The van der Waals surface area contributed by atoms with Gasteiger partial charge in [-0.15, -0.1) is 0 Å². The first-order valence-electron chi connectivity index (χ1n) is 8.95. The fourth-order valence-corrected chi connectivity index (χ4v) is 4.28. The van der Waals surface area contributed by atoms with Crippen molar-refractivity contribution in [2.45, 2.75) is 57.6 Å². The van der Waals surface area contributed by atoms with Gasteiger partial charge >= 0.3 is 0 Å². The molecule has 0 radical (unpaired) electrons. The molecule has 1 N–H and O–H groups in total. The van der Waals surface area contributed by atoms with Crippen LogP contribution < -0.4 is 5.32 Å². The predicted molar refractivity (Wildman–Crippen MR) is 98.6 cm³/mol. The minimum absolute atomic E-state index is 0.000746. The highest BCUT2D eigenvalue weighted by Crippen LogP contribution is 2.32. The summed E-state index contributed by atoms with van der Waals surface area (Å²) >= 11 is 0. The molecule has 0 bridgehead atoms. The van der Waals surface area contributed by atoms with Gasteiger partial charge in [0, 0.05) is 17.9 Å². The zero-order chi connectivity index (χ0) is 17.6. The first-order valence-corrected chi connectivity index (χ1v) is 11.0. The summed E-state index contributed by atoms with van der Waals surface area (Å²) in [6.07, 6.45) is 9.25. The summed E-state index contributed by atoms with van der Waals surface area (Å²) in [6, 6.07) is 7.13. The maximum Gasteiger partial charge on any atom is 0.227 e. The largest absolute Gasteiger partial charge is 0.326 e. The molecule has 0 spiro atoms. The van der Waals surface area contributed by atoms with Gasteiger partial charge in [-0.25, -0.2) is 8.42 Å². The second-order valence-electron chi connectivity index (χ2n) is 7.12. The maximum atomic E-state index is 12.5. The van der Waals surface area contributed by atoms with Gasteiger partial charge in [-0.1, -0.05) is 38.3 Å². The monoisotopic (exact) mass is 351 g/mol. The third kappa shape index (κ3) is 6.27. The van der Waals surface area contributed by atoms with Crippen molar-refractivity contribution in [3.63, 3.8) is 0 Å². The highest BCUT2D eigenvalue weighted by molar-refractivity contribution is 7.89. The Morgan fingerprint density at radius 2 is 1.92 bits per heavy atom. The fraction of sp³-hybridized carbons (Fsp3) is 0.632. The minimum Gasteiger partial charge on any atom is -0.326 e. The molecule has 0 aliphatic heterocycles. The van der Waals surface area contributed by atoms with Gasteiger partial charge in [0.15, 0.2) is 9.84 Å². The van der Waals surface area contributed by atoms with E-state index in [-0.39, 0.29) is 17.6 Å². The van der Waals surface area contributed by atoms with Gasteiger partial charge < -0.3 is 5.32 Å². The number of unbranched alkanes of at least 4 members (excludes halogenated alkanes) is 1. The molecule has 1 aliphatic carbocycles. The quantitative estimate of drug-likeness (QED) is 0.802. The Hall–Kier alpha value is -1.36. The summed E-state index contributed by atoms with van der Waals surface area (Å²) in [4.78, 5) is 12.5. The summed E-state index contributed by atoms with van der Waals surface area (Å²) < 4.78 is 22.8. The number of carbonyl (C=O) groups excluding carboxylic acids is 1. The fourth-order valence-electron chi connectivity index (χ4n) is 3.49. The highest BCUT2D eigenvalue weighted by atomic mass is 32.2. The average Bonchev–Trinajstić information content (AvgIpc) is 2.52. The topological polar surface area (TPSA) is 63.2 Å². The third-order valence-corrected chi connectivity index (χ3v) is 5.66. The molecule has 1 aromatic rings. The normalized spacial score (nSPS) is 21.4. The van der Waals surface area contributed by atoms with E-state index in [0.717, 1.165) is 31.6 Å². The molecule has 0 atom stereocenters. The molecule has 1 aromatic carbocycles. The van der Waals surface area contributed by atoms with Crippen molar-refractivity contribution in [2.75, 3.05) is 11.6 Å². The van der Waals surface area contributed by atoms with Crippen molar-refractivity contribution in [3.05, 3.63) is 29.8 Å². The van der Waals surface area contributed by atoms with Crippen LogP contribution in [-0.2, 0) is 20.4 Å². The smallest absolute Gasteiger partial charge is 0.227 e. The molecule has 0 unspecified atom stereocenters. The van der Waals surface area contributed by atoms with Crippen molar-refractivity contribution in [1.29, 1.82) is 0 Å². The summed E-state index contributed by atoms with van der Waals surface area (Å²) in [7, 11) is -3.07. The van der Waals surface area contributed by atoms with Gasteiger partial charge in [0.1, 0.15) is 0 Å². The third-order valence-electron chi connectivity index (χ3n) is 4.81. The lowest BCUT2D eigenvalue weighted by Gasteiger charge is -2.27. The van der Waals surface area contributed by atoms with Crippen LogP contribution in [0.1, 0.15) is 57.4 Å². The van der Waals surface area contributed by atoms with E-state index in [4.69, 9.17) is 0 Å². The van der Waals surface area contributed by atoms with Crippen molar-refractivity contribution in [1.82, 2.24) is 0 Å². The van der Waals surface area contributed by atoms with E-state index in [0.29, 0.717) is 11.3 Å². The summed E-state index contributed by atoms with van der Waals surface area (Å²) in [5.74, 6) is 0.938. The second kappa shape index (κ2) is 8.65. The van der Waals surface area contributed by atoms with Crippen LogP contribution in [0.4, 0.5) is 5.69 Å². The van der Waals surface area contributed by atoms with E-state index in [1.54, 1.807) is 18.2 Å². The Bertz CT molecular complexity index is 646. The number of anilines is 1. The molecule has 1 fully saturated rings. The Labute approximate surface area is 146 Å². The number of hydrogen-bond donors (Lipinski definition) is 1. The number of hydrogen-bond acceptors (Lipinski definition) is 3. The molecule has 134 valence electrons. The molecule has 24 heavy (non-hydrogen) atoms. The van der Waals surface area contributed by atoms with Crippen LogP contribution in [0.15, 0.2) is 24.3 Å². The van der Waals surface area contributed by atoms with Gasteiger partial charge in [-0.3, -0.25) is 4.79 Å².